The fourth-order valence-corrected chi connectivity index (χ4v) is 3.82. The molecule has 2 aromatic heterocycles. The number of nitrogens with zero attached hydrogens (tertiary/aromatic N) is 6. The molecule has 9 nitrogen and oxygen atoms in total. The zero-order valence-electron chi connectivity index (χ0n) is 19.0. The number of nitrogens with one attached hydrogen (secondary N) is 1. The molecule has 1 aromatic carbocycles. The maximum Gasteiger partial charge on any atom is 0.416 e. The highest BCUT2D eigenvalue weighted by molar-refractivity contribution is 5.92. The zero-order valence-corrected chi connectivity index (χ0v) is 19.0. The predicted molar refractivity (Wildman–Crippen MR) is 123 cm³/mol. The van der Waals surface area contributed by atoms with Crippen molar-refractivity contribution in [1.29, 1.82) is 0 Å². The van der Waals surface area contributed by atoms with Crippen LogP contribution in [-0.4, -0.2) is 69.8 Å². The standard InChI is InChI=1S/C23H24F3N7O2/c1-16-14-19(34)20(30-33(16)18-5-2-4-17(15-18)23(24,25)26)21(35)27-8-9-31-10-12-32(13-11-31)22-28-6-3-7-29-22/h2-7,14-15H,8-13H2,1H3,(H,27,35). The third-order valence-electron chi connectivity index (χ3n) is 5.66. The number of rotatable bonds is 6. The summed E-state index contributed by atoms with van der Waals surface area (Å²) in [5.74, 6) is 0.00926. The van der Waals surface area contributed by atoms with Crippen LogP contribution in [0.25, 0.3) is 5.69 Å². The Morgan fingerprint density at radius 3 is 2.46 bits per heavy atom. The molecule has 0 saturated carbocycles. The number of hydrogen-bond acceptors (Lipinski definition) is 7. The topological polar surface area (TPSA) is 96.2 Å². The Hall–Kier alpha value is -3.80. The van der Waals surface area contributed by atoms with Gasteiger partial charge in [-0.05, 0) is 31.2 Å². The number of aromatic nitrogens is 4. The minimum atomic E-state index is -4.53. The molecule has 0 unspecified atom stereocenters. The van der Waals surface area contributed by atoms with Crippen LogP contribution in [-0.2, 0) is 6.18 Å². The lowest BCUT2D eigenvalue weighted by Gasteiger charge is -2.34. The van der Waals surface area contributed by atoms with Crippen molar-refractivity contribution in [3.63, 3.8) is 0 Å². The fraction of sp³-hybridized carbons (Fsp3) is 0.348. The minimum Gasteiger partial charge on any atom is -0.349 e. The van der Waals surface area contributed by atoms with Crippen LogP contribution in [0.1, 0.15) is 21.7 Å². The number of piperazine rings is 1. The molecule has 0 aliphatic carbocycles. The number of carbonyl (C=O) groups excluding carboxylic acids is 1. The van der Waals surface area contributed by atoms with E-state index in [-0.39, 0.29) is 11.4 Å². The molecule has 1 saturated heterocycles. The summed E-state index contributed by atoms with van der Waals surface area (Å²) in [4.78, 5) is 37.8. The average Bonchev–Trinajstić information content (AvgIpc) is 2.84. The number of carbonyl (C=O) groups is 1. The monoisotopic (exact) mass is 487 g/mol. The summed E-state index contributed by atoms with van der Waals surface area (Å²) in [6.45, 7) is 5.43. The number of anilines is 1. The maximum atomic E-state index is 13.1. The molecule has 0 bridgehead atoms. The van der Waals surface area contributed by atoms with Crippen LogP contribution in [0, 0.1) is 6.92 Å². The molecule has 1 aliphatic rings. The second-order valence-corrected chi connectivity index (χ2v) is 8.09. The molecule has 0 spiro atoms. The quantitative estimate of drug-likeness (QED) is 0.567. The molecule has 12 heteroatoms. The summed E-state index contributed by atoms with van der Waals surface area (Å²) in [6.07, 6.45) is -1.13. The first-order valence-corrected chi connectivity index (χ1v) is 11.0. The van der Waals surface area contributed by atoms with Crippen LogP contribution >= 0.6 is 0 Å². The molecule has 1 aliphatic heterocycles. The molecule has 3 aromatic rings. The van der Waals surface area contributed by atoms with Crippen molar-refractivity contribution in [2.24, 2.45) is 0 Å². The van der Waals surface area contributed by atoms with Crippen LogP contribution in [0.3, 0.4) is 0 Å². The Bertz CT molecular complexity index is 1240. The van der Waals surface area contributed by atoms with Crippen LogP contribution in [0.5, 0.6) is 0 Å². The fourth-order valence-electron chi connectivity index (χ4n) is 3.82. The van der Waals surface area contributed by atoms with E-state index in [0.717, 1.165) is 43.0 Å². The number of halogens is 3. The van der Waals surface area contributed by atoms with Crippen LogP contribution in [0.4, 0.5) is 19.1 Å². The van der Waals surface area contributed by atoms with Gasteiger partial charge in [-0.1, -0.05) is 6.07 Å². The van der Waals surface area contributed by atoms with E-state index in [4.69, 9.17) is 0 Å². The Kier molecular flexibility index (Phi) is 7.10. The Morgan fingerprint density at radius 2 is 1.77 bits per heavy atom. The SMILES string of the molecule is Cc1cc(=O)c(C(=O)NCCN2CCN(c3ncccn3)CC2)nn1-c1cccc(C(F)(F)F)c1. The Labute approximate surface area is 199 Å². The lowest BCUT2D eigenvalue weighted by molar-refractivity contribution is -0.137. The van der Waals surface area contributed by atoms with Crippen molar-refractivity contribution < 1.29 is 18.0 Å². The molecule has 3 heterocycles. The van der Waals surface area contributed by atoms with Crippen molar-refractivity contribution in [3.05, 3.63) is 76.0 Å². The molecule has 0 radical (unpaired) electrons. The number of aryl methyl sites for hydroxylation is 1. The molecule has 35 heavy (non-hydrogen) atoms. The number of amides is 1. The molecular weight excluding hydrogens is 463 g/mol. The third kappa shape index (κ3) is 5.83. The van der Waals surface area contributed by atoms with Crippen molar-refractivity contribution in [1.82, 2.24) is 30.0 Å². The first kappa shape index (κ1) is 24.3. The summed E-state index contributed by atoms with van der Waals surface area (Å²) in [5.41, 5.74) is -1.41. The van der Waals surface area contributed by atoms with Gasteiger partial charge >= 0.3 is 6.18 Å². The van der Waals surface area contributed by atoms with E-state index in [0.29, 0.717) is 24.7 Å². The maximum absolute atomic E-state index is 13.1. The van der Waals surface area contributed by atoms with Gasteiger partial charge in [0.15, 0.2) is 5.69 Å². The molecule has 184 valence electrons. The van der Waals surface area contributed by atoms with Crippen molar-refractivity contribution in [2.75, 3.05) is 44.2 Å². The van der Waals surface area contributed by atoms with E-state index in [2.05, 4.69) is 30.2 Å². The highest BCUT2D eigenvalue weighted by Gasteiger charge is 2.30. The summed E-state index contributed by atoms with van der Waals surface area (Å²) < 4.78 is 40.5. The van der Waals surface area contributed by atoms with E-state index in [1.54, 1.807) is 18.5 Å². The van der Waals surface area contributed by atoms with Gasteiger partial charge < -0.3 is 10.2 Å². The van der Waals surface area contributed by atoms with Gasteiger partial charge in [-0.3, -0.25) is 14.5 Å². The summed E-state index contributed by atoms with van der Waals surface area (Å²) in [7, 11) is 0. The Balaban J connectivity index is 1.37. The van der Waals surface area contributed by atoms with Gasteiger partial charge in [0.2, 0.25) is 11.4 Å². The molecule has 4 rings (SSSR count). The predicted octanol–water partition coefficient (Wildman–Crippen LogP) is 1.90. The summed E-state index contributed by atoms with van der Waals surface area (Å²) in [5, 5.41) is 6.75. The smallest absolute Gasteiger partial charge is 0.349 e. The Morgan fingerprint density at radius 1 is 1.06 bits per heavy atom. The van der Waals surface area contributed by atoms with Gasteiger partial charge in [-0.15, -0.1) is 0 Å². The van der Waals surface area contributed by atoms with Crippen molar-refractivity contribution in [2.45, 2.75) is 13.1 Å². The van der Waals surface area contributed by atoms with Crippen LogP contribution < -0.4 is 15.6 Å². The number of hydrogen-bond donors (Lipinski definition) is 1. The second-order valence-electron chi connectivity index (χ2n) is 8.09. The van der Waals surface area contributed by atoms with Crippen LogP contribution in [0.15, 0.2) is 53.6 Å². The van der Waals surface area contributed by atoms with Gasteiger partial charge in [-0.2, -0.15) is 18.3 Å². The zero-order chi connectivity index (χ0) is 25.0. The first-order chi connectivity index (χ1) is 16.7. The summed E-state index contributed by atoms with van der Waals surface area (Å²) >= 11 is 0. The molecule has 1 amide bonds. The van der Waals surface area contributed by atoms with E-state index in [9.17, 15) is 22.8 Å². The largest absolute Gasteiger partial charge is 0.416 e. The van der Waals surface area contributed by atoms with Gasteiger partial charge in [0.1, 0.15) is 0 Å². The van der Waals surface area contributed by atoms with Gasteiger partial charge in [0.05, 0.1) is 11.3 Å². The van der Waals surface area contributed by atoms with E-state index >= 15 is 0 Å². The van der Waals surface area contributed by atoms with Gasteiger partial charge in [0, 0.05) is 63.4 Å². The lowest BCUT2D eigenvalue weighted by atomic mass is 10.2. The molecule has 1 fully saturated rings. The second kappa shape index (κ2) is 10.2. The average molecular weight is 487 g/mol. The molecule has 1 N–H and O–H groups in total. The minimum absolute atomic E-state index is 0.103. The van der Waals surface area contributed by atoms with Gasteiger partial charge in [0.25, 0.3) is 5.91 Å². The van der Waals surface area contributed by atoms with Crippen LogP contribution in [0.2, 0.25) is 0 Å². The molecular formula is C23H24F3N7O2. The van der Waals surface area contributed by atoms with E-state index in [1.807, 2.05) is 0 Å². The first-order valence-electron chi connectivity index (χ1n) is 11.0. The van der Waals surface area contributed by atoms with E-state index < -0.39 is 23.1 Å². The summed E-state index contributed by atoms with van der Waals surface area (Å²) in [6, 6.07) is 7.50. The molecule has 0 atom stereocenters. The highest BCUT2D eigenvalue weighted by atomic mass is 19.4. The lowest BCUT2D eigenvalue weighted by Crippen LogP contribution is -2.49. The van der Waals surface area contributed by atoms with Crippen molar-refractivity contribution in [3.8, 4) is 5.69 Å². The van der Waals surface area contributed by atoms with E-state index in [1.165, 1.54) is 25.1 Å². The van der Waals surface area contributed by atoms with Gasteiger partial charge in [-0.25, -0.2) is 14.6 Å². The third-order valence-corrected chi connectivity index (χ3v) is 5.66. The van der Waals surface area contributed by atoms with Crippen molar-refractivity contribution >= 4 is 11.9 Å². The number of benzene rings is 1. The normalized spacial score (nSPS) is 14.7. The highest BCUT2D eigenvalue weighted by Crippen LogP contribution is 2.30. The number of alkyl halides is 3.